The minimum atomic E-state index is -1.92. The van der Waals surface area contributed by atoms with Crippen LogP contribution >= 0.6 is 0 Å². The molecular formula is C28H25F3N2O4. The van der Waals surface area contributed by atoms with E-state index in [1.54, 1.807) is 12.1 Å². The second kappa shape index (κ2) is 12.4. The van der Waals surface area contributed by atoms with Gasteiger partial charge in [-0.2, -0.15) is 8.78 Å². The molecule has 0 unspecified atom stereocenters. The monoisotopic (exact) mass is 510 g/mol. The summed E-state index contributed by atoms with van der Waals surface area (Å²) < 4.78 is 45.3. The Morgan fingerprint density at radius 1 is 1.03 bits per heavy atom. The molecule has 0 spiro atoms. The molecule has 0 fully saturated rings. The van der Waals surface area contributed by atoms with Crippen LogP contribution in [0.1, 0.15) is 34.8 Å². The van der Waals surface area contributed by atoms with Crippen molar-refractivity contribution < 1.29 is 32.6 Å². The average molecular weight is 511 g/mol. The number of anilines is 2. The zero-order chi connectivity index (χ0) is 26.9. The Kier molecular flexibility index (Phi) is 9.10. The predicted molar refractivity (Wildman–Crippen MR) is 138 cm³/mol. The van der Waals surface area contributed by atoms with Gasteiger partial charge in [0.25, 0.3) is 6.08 Å². The Hall–Kier alpha value is -4.53. The first-order chi connectivity index (χ1) is 17.7. The molecule has 0 heterocycles. The first-order valence-corrected chi connectivity index (χ1v) is 11.4. The summed E-state index contributed by atoms with van der Waals surface area (Å²) in [5, 5.41) is 15.0. The summed E-state index contributed by atoms with van der Waals surface area (Å²) in [7, 11) is 0. The maximum atomic E-state index is 14.1. The molecule has 0 saturated carbocycles. The number of carbonyl (C=O) groups excluding carboxylic acids is 1. The number of amides is 2. The van der Waals surface area contributed by atoms with Gasteiger partial charge in [-0.25, -0.2) is 14.0 Å². The maximum absolute atomic E-state index is 14.1. The summed E-state index contributed by atoms with van der Waals surface area (Å²) >= 11 is 0. The van der Waals surface area contributed by atoms with Crippen molar-refractivity contribution in [2.75, 3.05) is 17.2 Å². The topological polar surface area (TPSA) is 87.7 Å². The number of hydrogen-bond acceptors (Lipinski definition) is 3. The second-order valence-electron chi connectivity index (χ2n) is 8.05. The summed E-state index contributed by atoms with van der Waals surface area (Å²) in [6, 6.07) is 12.6. The van der Waals surface area contributed by atoms with Crippen LogP contribution in [0.5, 0.6) is 5.75 Å². The fourth-order valence-electron chi connectivity index (χ4n) is 3.48. The lowest BCUT2D eigenvalue weighted by Gasteiger charge is -2.18. The van der Waals surface area contributed by atoms with Crippen molar-refractivity contribution in [3.05, 3.63) is 95.3 Å². The number of urea groups is 1. The third-order valence-electron chi connectivity index (χ3n) is 5.15. The number of carbonyl (C=O) groups is 2. The highest BCUT2D eigenvalue weighted by molar-refractivity contribution is 6.02. The second-order valence-corrected chi connectivity index (χ2v) is 8.05. The standard InChI is InChI=1S/C28H25F3N2O4/c1-3-13-37-26-18(5-4-6-25(30)31)14-19(23-16-20(29)9-12-22(23)27(34)35)15-24(26)33-28(36)32-21-10-7-17(2)8-11-21/h4-12,14-16H,3,13H2,1-2H3,(H,34,35)(H2,32,33,36)/b5-4+. The van der Waals surface area contributed by atoms with Gasteiger partial charge in [-0.3, -0.25) is 0 Å². The van der Waals surface area contributed by atoms with E-state index in [0.29, 0.717) is 18.2 Å². The van der Waals surface area contributed by atoms with Crippen LogP contribution in [-0.4, -0.2) is 23.7 Å². The van der Waals surface area contributed by atoms with Crippen molar-refractivity contribution in [2.45, 2.75) is 20.3 Å². The lowest BCUT2D eigenvalue weighted by Crippen LogP contribution is -2.20. The van der Waals surface area contributed by atoms with Crippen LogP contribution in [0.2, 0.25) is 0 Å². The fraction of sp³-hybridized carbons (Fsp3) is 0.143. The van der Waals surface area contributed by atoms with E-state index in [0.717, 1.165) is 29.8 Å². The lowest BCUT2D eigenvalue weighted by molar-refractivity contribution is 0.0697. The minimum Gasteiger partial charge on any atom is -0.491 e. The van der Waals surface area contributed by atoms with Crippen LogP contribution in [0.3, 0.4) is 0 Å². The van der Waals surface area contributed by atoms with E-state index in [1.165, 1.54) is 18.2 Å². The van der Waals surface area contributed by atoms with E-state index in [4.69, 9.17) is 4.74 Å². The highest BCUT2D eigenvalue weighted by Crippen LogP contribution is 2.37. The fourth-order valence-corrected chi connectivity index (χ4v) is 3.48. The molecule has 0 saturated heterocycles. The van der Waals surface area contributed by atoms with Gasteiger partial charge >= 0.3 is 12.0 Å². The van der Waals surface area contributed by atoms with Gasteiger partial charge in [-0.1, -0.05) is 36.8 Å². The van der Waals surface area contributed by atoms with Crippen LogP contribution in [0, 0.1) is 12.7 Å². The highest BCUT2D eigenvalue weighted by atomic mass is 19.3. The van der Waals surface area contributed by atoms with Gasteiger partial charge in [-0.15, -0.1) is 0 Å². The highest BCUT2D eigenvalue weighted by Gasteiger charge is 2.19. The van der Waals surface area contributed by atoms with E-state index in [1.807, 2.05) is 26.0 Å². The van der Waals surface area contributed by atoms with E-state index >= 15 is 0 Å². The molecule has 3 rings (SSSR count). The van der Waals surface area contributed by atoms with Gasteiger partial charge in [0.2, 0.25) is 0 Å². The Labute approximate surface area is 212 Å². The number of allylic oxidation sites excluding steroid dienone is 2. The van der Waals surface area contributed by atoms with Crippen molar-refractivity contribution in [3.63, 3.8) is 0 Å². The molecule has 3 N–H and O–H groups in total. The number of aromatic carboxylic acids is 1. The molecule has 6 nitrogen and oxygen atoms in total. The predicted octanol–water partition coefficient (Wildman–Crippen LogP) is 7.73. The molecule has 0 aliphatic heterocycles. The van der Waals surface area contributed by atoms with E-state index in [2.05, 4.69) is 10.6 Å². The molecule has 3 aromatic carbocycles. The molecule has 3 aromatic rings. The molecule has 0 atom stereocenters. The van der Waals surface area contributed by atoms with Crippen LogP contribution in [0.25, 0.3) is 17.2 Å². The first-order valence-electron chi connectivity index (χ1n) is 11.4. The van der Waals surface area contributed by atoms with Crippen molar-refractivity contribution in [3.8, 4) is 16.9 Å². The smallest absolute Gasteiger partial charge is 0.336 e. The molecule has 0 bridgehead atoms. The van der Waals surface area contributed by atoms with Gasteiger partial charge in [0.05, 0.1) is 17.9 Å². The maximum Gasteiger partial charge on any atom is 0.336 e. The molecule has 37 heavy (non-hydrogen) atoms. The average Bonchev–Trinajstić information content (AvgIpc) is 2.84. The van der Waals surface area contributed by atoms with Gasteiger partial charge in [0.15, 0.2) is 0 Å². The molecule has 0 aromatic heterocycles. The largest absolute Gasteiger partial charge is 0.491 e. The zero-order valence-corrected chi connectivity index (χ0v) is 20.1. The van der Waals surface area contributed by atoms with Crippen LogP contribution in [0.15, 0.2) is 72.8 Å². The molecular weight excluding hydrogens is 485 g/mol. The third kappa shape index (κ3) is 7.47. The Bertz CT molecular complexity index is 1350. The summed E-state index contributed by atoms with van der Waals surface area (Å²) in [5.41, 5.74) is 2.04. The van der Waals surface area contributed by atoms with Crippen molar-refractivity contribution >= 4 is 29.5 Å². The molecule has 0 radical (unpaired) electrons. The number of carboxylic acids is 1. The van der Waals surface area contributed by atoms with E-state index < -0.39 is 23.9 Å². The summed E-state index contributed by atoms with van der Waals surface area (Å²) in [4.78, 5) is 24.6. The number of benzene rings is 3. The summed E-state index contributed by atoms with van der Waals surface area (Å²) in [6.45, 7) is 4.03. The van der Waals surface area contributed by atoms with E-state index in [-0.39, 0.29) is 40.3 Å². The SMILES string of the molecule is CCCOc1c(/C=C/C=C(F)F)cc(-c2cc(F)ccc2C(=O)O)cc1NC(=O)Nc1ccc(C)cc1. The quantitative estimate of drug-likeness (QED) is 0.257. The number of halogens is 3. The molecule has 0 aliphatic carbocycles. The molecule has 9 heteroatoms. The van der Waals surface area contributed by atoms with Crippen molar-refractivity contribution in [1.29, 1.82) is 0 Å². The zero-order valence-electron chi connectivity index (χ0n) is 20.1. The first kappa shape index (κ1) is 27.1. The number of nitrogens with one attached hydrogen (secondary N) is 2. The number of hydrogen-bond donors (Lipinski definition) is 3. The lowest BCUT2D eigenvalue weighted by atomic mass is 9.96. The Balaban J connectivity index is 2.15. The summed E-state index contributed by atoms with van der Waals surface area (Å²) in [5.74, 6) is -1.77. The summed E-state index contributed by atoms with van der Waals surface area (Å²) in [6.07, 6.45) is 1.70. The Morgan fingerprint density at radius 2 is 1.76 bits per heavy atom. The van der Waals surface area contributed by atoms with Crippen LogP contribution in [0.4, 0.5) is 29.3 Å². The normalized spacial score (nSPS) is 10.7. The minimum absolute atomic E-state index is 0.0402. The van der Waals surface area contributed by atoms with Gasteiger partial charge in [-0.05, 0) is 66.9 Å². The molecule has 2 amide bonds. The molecule has 0 aliphatic rings. The van der Waals surface area contributed by atoms with Crippen molar-refractivity contribution in [1.82, 2.24) is 0 Å². The number of aryl methyl sites for hydroxylation is 1. The van der Waals surface area contributed by atoms with Gasteiger partial charge in [0.1, 0.15) is 11.6 Å². The van der Waals surface area contributed by atoms with Crippen molar-refractivity contribution in [2.24, 2.45) is 0 Å². The number of ether oxygens (including phenoxy) is 1. The van der Waals surface area contributed by atoms with Crippen LogP contribution < -0.4 is 15.4 Å². The molecule has 192 valence electrons. The van der Waals surface area contributed by atoms with Gasteiger partial charge < -0.3 is 20.5 Å². The third-order valence-corrected chi connectivity index (χ3v) is 5.15. The van der Waals surface area contributed by atoms with Gasteiger partial charge in [0, 0.05) is 17.3 Å². The van der Waals surface area contributed by atoms with E-state index in [9.17, 15) is 27.9 Å². The van der Waals surface area contributed by atoms with Crippen LogP contribution in [-0.2, 0) is 0 Å². The Morgan fingerprint density at radius 3 is 2.41 bits per heavy atom. The number of carboxylic acid groups (broad SMARTS) is 1. The number of rotatable bonds is 9.